The number of ketones is 2. The van der Waals surface area contributed by atoms with E-state index in [1.165, 1.54) is 12.3 Å². The van der Waals surface area contributed by atoms with Crippen LogP contribution in [0.5, 0.6) is 0 Å². The van der Waals surface area contributed by atoms with Gasteiger partial charge in [0.15, 0.2) is 11.6 Å². The zero-order chi connectivity index (χ0) is 14.0. The fourth-order valence-corrected chi connectivity index (χ4v) is 1.73. The van der Waals surface area contributed by atoms with Crippen molar-refractivity contribution in [1.29, 1.82) is 0 Å². The lowest BCUT2D eigenvalue weighted by Gasteiger charge is -2.01. The van der Waals surface area contributed by atoms with Crippen molar-refractivity contribution in [2.24, 2.45) is 0 Å². The Morgan fingerprint density at radius 1 is 1.11 bits per heavy atom. The van der Waals surface area contributed by atoms with Gasteiger partial charge in [0.2, 0.25) is 0 Å². The van der Waals surface area contributed by atoms with Crippen LogP contribution in [0.4, 0.5) is 8.78 Å². The van der Waals surface area contributed by atoms with Gasteiger partial charge >= 0.3 is 0 Å². The standard InChI is InChI=1S/C14H10F2O3/c1-8-12(2-3-19-8)14(18)7-13(17)9-4-10(15)6-11(16)5-9/h2-6H,7H2,1H3. The van der Waals surface area contributed by atoms with Crippen molar-refractivity contribution in [1.82, 2.24) is 0 Å². The van der Waals surface area contributed by atoms with Gasteiger partial charge in [-0.25, -0.2) is 8.78 Å². The van der Waals surface area contributed by atoms with Gasteiger partial charge in [0.1, 0.15) is 17.4 Å². The summed E-state index contributed by atoms with van der Waals surface area (Å²) in [7, 11) is 0. The topological polar surface area (TPSA) is 47.3 Å². The molecule has 0 fully saturated rings. The highest BCUT2D eigenvalue weighted by atomic mass is 19.1. The lowest BCUT2D eigenvalue weighted by molar-refractivity contribution is 0.0893. The molecule has 0 radical (unpaired) electrons. The zero-order valence-corrected chi connectivity index (χ0v) is 10.1. The van der Waals surface area contributed by atoms with Crippen molar-refractivity contribution in [2.45, 2.75) is 13.3 Å². The Morgan fingerprint density at radius 2 is 1.74 bits per heavy atom. The maximum absolute atomic E-state index is 13.0. The highest BCUT2D eigenvalue weighted by Crippen LogP contribution is 2.15. The van der Waals surface area contributed by atoms with Crippen LogP contribution in [0.3, 0.4) is 0 Å². The molecule has 1 aromatic carbocycles. The summed E-state index contributed by atoms with van der Waals surface area (Å²) in [5, 5.41) is 0. The molecular formula is C14H10F2O3. The van der Waals surface area contributed by atoms with Gasteiger partial charge < -0.3 is 4.42 Å². The van der Waals surface area contributed by atoms with Gasteiger partial charge in [-0.1, -0.05) is 0 Å². The Bertz CT molecular complexity index is 624. The quantitative estimate of drug-likeness (QED) is 0.628. The van der Waals surface area contributed by atoms with E-state index in [1.54, 1.807) is 6.92 Å². The average molecular weight is 264 g/mol. The summed E-state index contributed by atoms with van der Waals surface area (Å²) in [5.41, 5.74) is 0.136. The van der Waals surface area contributed by atoms with Gasteiger partial charge in [-0.2, -0.15) is 0 Å². The predicted octanol–water partition coefficient (Wildman–Crippen LogP) is 3.32. The number of carbonyl (C=O) groups is 2. The second kappa shape index (κ2) is 5.14. The van der Waals surface area contributed by atoms with Crippen LogP contribution in [0.1, 0.15) is 32.9 Å². The molecule has 2 rings (SSSR count). The summed E-state index contributed by atoms with van der Waals surface area (Å²) in [6.45, 7) is 1.60. The minimum absolute atomic E-state index is 0.160. The number of halogens is 2. The molecule has 0 N–H and O–H groups in total. The van der Waals surface area contributed by atoms with Gasteiger partial charge in [0.25, 0.3) is 0 Å². The van der Waals surface area contributed by atoms with E-state index in [1.807, 2.05) is 0 Å². The molecule has 0 aliphatic carbocycles. The fraction of sp³-hybridized carbons (Fsp3) is 0.143. The molecule has 1 heterocycles. The summed E-state index contributed by atoms with van der Waals surface area (Å²) in [4.78, 5) is 23.6. The molecule has 0 spiro atoms. The first-order valence-corrected chi connectivity index (χ1v) is 5.54. The highest BCUT2D eigenvalue weighted by molar-refractivity contribution is 6.13. The van der Waals surface area contributed by atoms with E-state index >= 15 is 0 Å². The Balaban J connectivity index is 2.17. The van der Waals surface area contributed by atoms with Crippen molar-refractivity contribution >= 4 is 11.6 Å². The molecule has 0 aliphatic rings. The molecule has 0 bridgehead atoms. The van der Waals surface area contributed by atoms with E-state index in [0.29, 0.717) is 17.4 Å². The number of rotatable bonds is 4. The van der Waals surface area contributed by atoms with E-state index in [0.717, 1.165) is 12.1 Å². The molecular weight excluding hydrogens is 254 g/mol. The van der Waals surface area contributed by atoms with E-state index in [-0.39, 0.29) is 5.56 Å². The minimum Gasteiger partial charge on any atom is -0.469 e. The Kier molecular flexibility index (Phi) is 3.55. The van der Waals surface area contributed by atoms with Crippen LogP contribution < -0.4 is 0 Å². The maximum Gasteiger partial charge on any atom is 0.174 e. The number of aryl methyl sites for hydroxylation is 1. The molecule has 0 saturated heterocycles. The fourth-order valence-electron chi connectivity index (χ4n) is 1.73. The molecule has 0 unspecified atom stereocenters. The molecule has 0 saturated carbocycles. The molecule has 5 heteroatoms. The number of furan rings is 1. The Hall–Kier alpha value is -2.30. The van der Waals surface area contributed by atoms with Crippen LogP contribution in [-0.2, 0) is 0 Å². The average Bonchev–Trinajstić information content (AvgIpc) is 2.74. The van der Waals surface area contributed by atoms with Crippen LogP contribution in [0.2, 0.25) is 0 Å². The number of carbonyl (C=O) groups excluding carboxylic acids is 2. The molecule has 98 valence electrons. The highest BCUT2D eigenvalue weighted by Gasteiger charge is 2.17. The zero-order valence-electron chi connectivity index (χ0n) is 10.1. The summed E-state index contributed by atoms with van der Waals surface area (Å²) in [6, 6.07) is 3.93. The monoisotopic (exact) mass is 264 g/mol. The second-order valence-corrected chi connectivity index (χ2v) is 4.07. The van der Waals surface area contributed by atoms with Crippen molar-refractivity contribution in [3.63, 3.8) is 0 Å². The van der Waals surface area contributed by atoms with Crippen LogP contribution in [0.25, 0.3) is 0 Å². The van der Waals surface area contributed by atoms with E-state index in [2.05, 4.69) is 0 Å². The third-order valence-corrected chi connectivity index (χ3v) is 2.66. The third-order valence-electron chi connectivity index (χ3n) is 2.66. The predicted molar refractivity (Wildman–Crippen MR) is 63.1 cm³/mol. The molecule has 19 heavy (non-hydrogen) atoms. The normalized spacial score (nSPS) is 10.5. The van der Waals surface area contributed by atoms with Gasteiger partial charge in [0, 0.05) is 11.6 Å². The van der Waals surface area contributed by atoms with Gasteiger partial charge in [-0.3, -0.25) is 9.59 Å². The first-order valence-electron chi connectivity index (χ1n) is 5.54. The minimum atomic E-state index is -0.852. The summed E-state index contributed by atoms with van der Waals surface area (Å²) < 4.78 is 30.9. The number of hydrogen-bond donors (Lipinski definition) is 0. The second-order valence-electron chi connectivity index (χ2n) is 4.07. The van der Waals surface area contributed by atoms with Crippen molar-refractivity contribution in [2.75, 3.05) is 0 Å². The Morgan fingerprint density at radius 3 is 2.26 bits per heavy atom. The van der Waals surface area contributed by atoms with Crippen molar-refractivity contribution in [3.8, 4) is 0 Å². The Labute approximate surface area is 107 Å². The van der Waals surface area contributed by atoms with Gasteiger partial charge in [0.05, 0.1) is 18.2 Å². The van der Waals surface area contributed by atoms with Crippen LogP contribution in [-0.4, -0.2) is 11.6 Å². The van der Waals surface area contributed by atoms with Crippen LogP contribution in [0.15, 0.2) is 34.9 Å². The van der Waals surface area contributed by atoms with Crippen LogP contribution >= 0.6 is 0 Å². The first kappa shape index (κ1) is 13.1. The van der Waals surface area contributed by atoms with E-state index < -0.39 is 29.6 Å². The lowest BCUT2D eigenvalue weighted by atomic mass is 10.0. The maximum atomic E-state index is 13.0. The van der Waals surface area contributed by atoms with Gasteiger partial charge in [-0.05, 0) is 25.1 Å². The van der Waals surface area contributed by atoms with Crippen molar-refractivity contribution < 1.29 is 22.8 Å². The summed E-state index contributed by atoms with van der Waals surface area (Å²) in [5.74, 6) is -2.38. The van der Waals surface area contributed by atoms with E-state index in [4.69, 9.17) is 4.42 Å². The number of benzene rings is 1. The molecule has 0 aliphatic heterocycles. The number of hydrogen-bond acceptors (Lipinski definition) is 3. The summed E-state index contributed by atoms with van der Waals surface area (Å²) in [6.07, 6.45) is 0.887. The molecule has 1 aromatic heterocycles. The van der Waals surface area contributed by atoms with Gasteiger partial charge in [-0.15, -0.1) is 0 Å². The lowest BCUT2D eigenvalue weighted by Crippen LogP contribution is -2.09. The molecule has 2 aromatic rings. The molecule has 0 atom stereocenters. The molecule has 0 amide bonds. The summed E-state index contributed by atoms with van der Waals surface area (Å²) >= 11 is 0. The van der Waals surface area contributed by atoms with Crippen LogP contribution in [0, 0.1) is 18.6 Å². The third kappa shape index (κ3) is 2.93. The largest absolute Gasteiger partial charge is 0.469 e. The van der Waals surface area contributed by atoms with E-state index in [9.17, 15) is 18.4 Å². The SMILES string of the molecule is Cc1occc1C(=O)CC(=O)c1cc(F)cc(F)c1. The van der Waals surface area contributed by atoms with Crippen molar-refractivity contribution in [3.05, 3.63) is 59.1 Å². The number of Topliss-reactive ketones (excluding diaryl/α,β-unsaturated/α-hetero) is 2. The molecule has 3 nitrogen and oxygen atoms in total. The first-order chi connectivity index (χ1) is 8.97. The smallest absolute Gasteiger partial charge is 0.174 e.